The quantitative estimate of drug-likeness (QED) is 0.481. The number of halogens is 1. The first-order valence-corrected chi connectivity index (χ1v) is 9.09. The van der Waals surface area contributed by atoms with Crippen LogP contribution in [0, 0.1) is 5.82 Å². The summed E-state index contributed by atoms with van der Waals surface area (Å²) in [5.74, 6) is -1.78. The van der Waals surface area contributed by atoms with E-state index in [1.807, 2.05) is 60.7 Å². The predicted molar refractivity (Wildman–Crippen MR) is 110 cm³/mol. The summed E-state index contributed by atoms with van der Waals surface area (Å²) in [6, 6.07) is 24.8. The third-order valence-corrected chi connectivity index (χ3v) is 4.25. The van der Waals surface area contributed by atoms with Gasteiger partial charge in [-0.3, -0.25) is 9.59 Å². The normalized spacial score (nSPS) is 10.8. The lowest BCUT2D eigenvalue weighted by Crippen LogP contribution is -2.37. The molecule has 3 aromatic carbocycles. The van der Waals surface area contributed by atoms with Crippen LogP contribution in [0.2, 0.25) is 0 Å². The molecule has 3 aromatic rings. The minimum Gasteiger partial charge on any atom is -0.346 e. The number of nitrogens with one attached hydrogen (secondary N) is 2. The number of hydrogen-bond donors (Lipinski definition) is 2. The molecule has 146 valence electrons. The minimum atomic E-state index is -0.535. The third-order valence-electron chi connectivity index (χ3n) is 4.25. The van der Waals surface area contributed by atoms with E-state index in [-0.39, 0.29) is 18.0 Å². The fraction of sp³-hybridized carbons (Fsp3) is 0.0870. The highest BCUT2D eigenvalue weighted by Crippen LogP contribution is 2.24. The van der Waals surface area contributed by atoms with Crippen molar-refractivity contribution in [3.63, 3.8) is 0 Å². The van der Waals surface area contributed by atoms with Crippen molar-refractivity contribution in [3.8, 4) is 0 Å². The van der Waals surface area contributed by atoms with Gasteiger partial charge in [-0.15, -0.1) is 0 Å². The second kappa shape index (κ2) is 9.94. The van der Waals surface area contributed by atoms with Crippen LogP contribution in [0.1, 0.15) is 22.6 Å². The van der Waals surface area contributed by atoms with Gasteiger partial charge in [0, 0.05) is 5.56 Å². The Morgan fingerprint density at radius 3 is 2.00 bits per heavy atom. The summed E-state index contributed by atoms with van der Waals surface area (Å²) in [5.41, 5.74) is 4.19. The number of hydrogen-bond acceptors (Lipinski definition) is 3. The summed E-state index contributed by atoms with van der Waals surface area (Å²) >= 11 is 0. The second-order valence-corrected chi connectivity index (χ2v) is 6.29. The number of amides is 2. The van der Waals surface area contributed by atoms with Crippen molar-refractivity contribution in [2.24, 2.45) is 5.10 Å². The standard InChI is InChI=1S/C23H20FN3O2/c24-20-14-8-7-13-19(20)15-26-27-21(28)16-25-23(29)22(17-9-3-1-4-10-17)18-11-5-2-6-12-18/h1-15,22H,16H2,(H,25,29)(H,27,28)/b26-15+. The molecule has 0 aliphatic rings. The van der Waals surface area contributed by atoms with E-state index >= 15 is 0 Å². The number of benzene rings is 3. The molecular formula is C23H20FN3O2. The fourth-order valence-electron chi connectivity index (χ4n) is 2.85. The molecule has 29 heavy (non-hydrogen) atoms. The lowest BCUT2D eigenvalue weighted by Gasteiger charge is -2.17. The van der Waals surface area contributed by atoms with Gasteiger partial charge in [0.1, 0.15) is 5.82 Å². The Bertz CT molecular complexity index is 952. The van der Waals surface area contributed by atoms with Crippen molar-refractivity contribution in [2.75, 3.05) is 6.54 Å². The fourth-order valence-corrected chi connectivity index (χ4v) is 2.85. The van der Waals surface area contributed by atoms with Crippen molar-refractivity contribution >= 4 is 18.0 Å². The van der Waals surface area contributed by atoms with Crippen molar-refractivity contribution in [1.82, 2.24) is 10.7 Å². The first-order valence-electron chi connectivity index (χ1n) is 9.09. The van der Waals surface area contributed by atoms with Crippen molar-refractivity contribution < 1.29 is 14.0 Å². The SMILES string of the molecule is O=C(CNC(=O)C(c1ccccc1)c1ccccc1)N/N=C/c1ccccc1F. The predicted octanol–water partition coefficient (Wildman–Crippen LogP) is 3.22. The Morgan fingerprint density at radius 1 is 0.862 bits per heavy atom. The molecule has 0 atom stereocenters. The van der Waals surface area contributed by atoms with Crippen LogP contribution in [0.4, 0.5) is 4.39 Å². The van der Waals surface area contributed by atoms with E-state index in [2.05, 4.69) is 15.8 Å². The van der Waals surface area contributed by atoms with Gasteiger partial charge in [0.25, 0.3) is 5.91 Å². The molecule has 2 amide bonds. The Kier molecular flexibility index (Phi) is 6.84. The highest BCUT2D eigenvalue weighted by molar-refractivity contribution is 5.91. The van der Waals surface area contributed by atoms with E-state index in [9.17, 15) is 14.0 Å². The van der Waals surface area contributed by atoms with Crippen LogP contribution in [-0.2, 0) is 9.59 Å². The molecule has 0 heterocycles. The van der Waals surface area contributed by atoms with Gasteiger partial charge in [-0.25, -0.2) is 9.82 Å². The van der Waals surface area contributed by atoms with Crippen LogP contribution in [0.25, 0.3) is 0 Å². The van der Waals surface area contributed by atoms with Gasteiger partial charge in [0.2, 0.25) is 5.91 Å². The van der Waals surface area contributed by atoms with Crippen molar-refractivity contribution in [2.45, 2.75) is 5.92 Å². The Morgan fingerprint density at radius 2 is 1.41 bits per heavy atom. The van der Waals surface area contributed by atoms with Crippen molar-refractivity contribution in [1.29, 1.82) is 0 Å². The summed E-state index contributed by atoms with van der Waals surface area (Å²) in [6.07, 6.45) is 1.21. The summed E-state index contributed by atoms with van der Waals surface area (Å²) in [5, 5.41) is 6.37. The minimum absolute atomic E-state index is 0.246. The molecule has 3 rings (SSSR count). The summed E-state index contributed by atoms with van der Waals surface area (Å²) in [6.45, 7) is -0.246. The smallest absolute Gasteiger partial charge is 0.259 e. The van der Waals surface area contributed by atoms with E-state index in [1.54, 1.807) is 12.1 Å². The van der Waals surface area contributed by atoms with Gasteiger partial charge < -0.3 is 5.32 Å². The van der Waals surface area contributed by atoms with Crippen LogP contribution in [0.5, 0.6) is 0 Å². The summed E-state index contributed by atoms with van der Waals surface area (Å²) < 4.78 is 13.5. The summed E-state index contributed by atoms with van der Waals surface area (Å²) in [7, 11) is 0. The van der Waals surface area contributed by atoms with Gasteiger partial charge in [-0.2, -0.15) is 5.10 Å². The van der Waals surface area contributed by atoms with Gasteiger partial charge >= 0.3 is 0 Å². The average molecular weight is 389 g/mol. The number of hydrazone groups is 1. The zero-order valence-corrected chi connectivity index (χ0v) is 15.6. The van der Waals surface area contributed by atoms with E-state index in [0.717, 1.165) is 11.1 Å². The maximum Gasteiger partial charge on any atom is 0.259 e. The molecule has 0 aliphatic heterocycles. The van der Waals surface area contributed by atoms with E-state index in [4.69, 9.17) is 0 Å². The van der Waals surface area contributed by atoms with E-state index < -0.39 is 17.6 Å². The van der Waals surface area contributed by atoms with Gasteiger partial charge in [-0.1, -0.05) is 78.9 Å². The van der Waals surface area contributed by atoms with Crippen molar-refractivity contribution in [3.05, 3.63) is 107 Å². The molecule has 0 aromatic heterocycles. The molecule has 0 saturated heterocycles. The average Bonchev–Trinajstić information content (AvgIpc) is 2.75. The third kappa shape index (κ3) is 5.59. The molecule has 0 aliphatic carbocycles. The second-order valence-electron chi connectivity index (χ2n) is 6.29. The largest absolute Gasteiger partial charge is 0.346 e. The first kappa shape index (κ1) is 19.9. The number of carbonyl (C=O) groups excluding carboxylic acids is 2. The molecule has 0 unspecified atom stereocenters. The first-order chi connectivity index (χ1) is 14.1. The van der Waals surface area contributed by atoms with E-state index in [0.29, 0.717) is 0 Å². The molecule has 0 spiro atoms. The van der Waals surface area contributed by atoms with Crippen LogP contribution < -0.4 is 10.7 Å². The molecule has 0 saturated carbocycles. The molecule has 0 radical (unpaired) electrons. The molecule has 2 N–H and O–H groups in total. The Hall–Kier alpha value is -3.80. The summed E-state index contributed by atoms with van der Waals surface area (Å²) in [4.78, 5) is 24.8. The maximum atomic E-state index is 13.5. The number of nitrogens with zero attached hydrogens (tertiary/aromatic N) is 1. The van der Waals surface area contributed by atoms with Crippen LogP contribution in [0.3, 0.4) is 0 Å². The van der Waals surface area contributed by atoms with Crippen LogP contribution in [-0.4, -0.2) is 24.6 Å². The number of carbonyl (C=O) groups is 2. The monoisotopic (exact) mass is 389 g/mol. The van der Waals surface area contributed by atoms with Gasteiger partial charge in [0.05, 0.1) is 18.7 Å². The molecule has 5 nitrogen and oxygen atoms in total. The lowest BCUT2D eigenvalue weighted by atomic mass is 9.90. The highest BCUT2D eigenvalue weighted by atomic mass is 19.1. The molecular weight excluding hydrogens is 369 g/mol. The number of rotatable bonds is 7. The highest BCUT2D eigenvalue weighted by Gasteiger charge is 2.22. The zero-order chi connectivity index (χ0) is 20.5. The molecule has 0 fully saturated rings. The Balaban J connectivity index is 1.61. The molecule has 0 bridgehead atoms. The van der Waals surface area contributed by atoms with Crippen LogP contribution >= 0.6 is 0 Å². The topological polar surface area (TPSA) is 70.6 Å². The van der Waals surface area contributed by atoms with Crippen LogP contribution in [0.15, 0.2) is 90.0 Å². The van der Waals surface area contributed by atoms with Gasteiger partial charge in [-0.05, 0) is 17.2 Å². The Labute approximate surface area is 168 Å². The maximum absolute atomic E-state index is 13.5. The van der Waals surface area contributed by atoms with Gasteiger partial charge in [0.15, 0.2) is 0 Å². The molecule has 6 heteroatoms. The van der Waals surface area contributed by atoms with E-state index in [1.165, 1.54) is 18.3 Å². The zero-order valence-electron chi connectivity index (χ0n) is 15.6. The lowest BCUT2D eigenvalue weighted by molar-refractivity contribution is -0.126.